The maximum atomic E-state index is 15.0. The van der Waals surface area contributed by atoms with Crippen LogP contribution in [-0.4, -0.2) is 49.9 Å². The second-order valence-corrected chi connectivity index (χ2v) is 12.4. The van der Waals surface area contributed by atoms with Gasteiger partial charge in [0.15, 0.2) is 17.4 Å². The van der Waals surface area contributed by atoms with Crippen molar-refractivity contribution in [2.45, 2.75) is 64.7 Å². The Balaban J connectivity index is 1.83. The third-order valence-corrected chi connectivity index (χ3v) is 7.45. The second kappa shape index (κ2) is 11.6. The highest BCUT2D eigenvalue weighted by Crippen LogP contribution is 2.36. The Labute approximate surface area is 258 Å². The van der Waals surface area contributed by atoms with Crippen LogP contribution in [0.1, 0.15) is 70.6 Å². The van der Waals surface area contributed by atoms with Crippen molar-refractivity contribution in [2.75, 3.05) is 13.7 Å². The first-order chi connectivity index (χ1) is 21.1. The zero-order chi connectivity index (χ0) is 32.8. The summed E-state index contributed by atoms with van der Waals surface area (Å²) in [5, 5.41) is 20.2. The number of carbonyl (C=O) groups is 1. The Morgan fingerprint density at radius 2 is 1.80 bits per heavy atom. The number of nitriles is 1. The van der Waals surface area contributed by atoms with Crippen LogP contribution in [0.5, 0.6) is 5.75 Å². The minimum atomic E-state index is -1.20. The molecule has 1 N–H and O–H groups in total. The lowest BCUT2D eigenvalue weighted by molar-refractivity contribution is 0.0216. The standard InChI is InChI=1S/C33H33F2N5O5/c1-32(2,3)45-31(42)39-11-7-8-25(39)29-38-27-21(19-9-10-26(37-17-19)33(4,5)43)12-18(16-36)13-22(27)30(41)40(29)20-14-23(34)28(44-6)24(35)15-20/h9-10,12-15,17,25,43H,7-8,11H2,1-6H3. The topological polar surface area (TPSA) is 131 Å². The molecule has 0 saturated carbocycles. The maximum absolute atomic E-state index is 15.0. The molecule has 0 radical (unpaired) electrons. The minimum absolute atomic E-state index is 0.0119. The van der Waals surface area contributed by atoms with Crippen LogP contribution in [-0.2, 0) is 10.3 Å². The molecule has 1 amide bonds. The molecule has 1 aliphatic heterocycles. The predicted octanol–water partition coefficient (Wildman–Crippen LogP) is 5.91. The Morgan fingerprint density at radius 1 is 1.11 bits per heavy atom. The lowest BCUT2D eigenvalue weighted by atomic mass is 9.98. The van der Waals surface area contributed by atoms with Gasteiger partial charge in [-0.15, -0.1) is 0 Å². The number of benzene rings is 2. The Hall–Kier alpha value is -4.89. The molecular weight excluding hydrogens is 584 g/mol. The summed E-state index contributed by atoms with van der Waals surface area (Å²) >= 11 is 0. The van der Waals surface area contributed by atoms with Gasteiger partial charge in [0.1, 0.15) is 17.0 Å². The molecule has 5 rings (SSSR count). The summed E-state index contributed by atoms with van der Waals surface area (Å²) in [6.45, 7) is 8.71. The van der Waals surface area contributed by atoms with Crippen molar-refractivity contribution in [1.82, 2.24) is 19.4 Å². The number of amides is 1. The highest BCUT2D eigenvalue weighted by Gasteiger charge is 2.37. The highest BCUT2D eigenvalue weighted by atomic mass is 19.1. The third-order valence-electron chi connectivity index (χ3n) is 7.45. The van der Waals surface area contributed by atoms with Crippen LogP contribution in [0.25, 0.3) is 27.7 Å². The quantitative estimate of drug-likeness (QED) is 0.293. The molecule has 1 aliphatic rings. The van der Waals surface area contributed by atoms with Crippen LogP contribution in [0.2, 0.25) is 0 Å². The van der Waals surface area contributed by atoms with Gasteiger partial charge in [0, 0.05) is 36.0 Å². The molecule has 1 atom stereocenters. The van der Waals surface area contributed by atoms with E-state index in [9.17, 15) is 20.0 Å². The van der Waals surface area contributed by atoms with Crippen molar-refractivity contribution in [1.29, 1.82) is 5.26 Å². The molecule has 1 saturated heterocycles. The van der Waals surface area contributed by atoms with Gasteiger partial charge in [-0.25, -0.2) is 18.6 Å². The first kappa shape index (κ1) is 31.5. The number of rotatable bonds is 5. The van der Waals surface area contributed by atoms with Crippen LogP contribution < -0.4 is 10.3 Å². The Bertz CT molecular complexity index is 1880. The molecule has 10 nitrogen and oxygen atoms in total. The van der Waals surface area contributed by atoms with E-state index in [4.69, 9.17) is 14.5 Å². The molecule has 45 heavy (non-hydrogen) atoms. The number of nitrogens with zero attached hydrogens (tertiary/aromatic N) is 5. The zero-order valence-corrected chi connectivity index (χ0v) is 25.8. The third kappa shape index (κ3) is 6.08. The van der Waals surface area contributed by atoms with E-state index < -0.39 is 46.3 Å². The van der Waals surface area contributed by atoms with E-state index in [1.54, 1.807) is 52.8 Å². The van der Waals surface area contributed by atoms with Crippen molar-refractivity contribution in [3.05, 3.63) is 81.7 Å². The largest absolute Gasteiger partial charge is 0.491 e. The summed E-state index contributed by atoms with van der Waals surface area (Å²) < 4.78 is 41.6. The molecule has 0 aliphatic carbocycles. The van der Waals surface area contributed by atoms with E-state index in [0.29, 0.717) is 36.2 Å². The lowest BCUT2D eigenvalue weighted by Gasteiger charge is -2.29. The highest BCUT2D eigenvalue weighted by molar-refractivity contribution is 5.94. The summed E-state index contributed by atoms with van der Waals surface area (Å²) in [5.41, 5.74) is -1.21. The van der Waals surface area contributed by atoms with E-state index in [0.717, 1.165) is 23.8 Å². The fourth-order valence-electron chi connectivity index (χ4n) is 5.42. The zero-order valence-electron chi connectivity index (χ0n) is 25.8. The molecule has 2 aromatic carbocycles. The molecular formula is C33H33F2N5O5. The molecule has 4 aromatic rings. The number of hydrogen-bond acceptors (Lipinski definition) is 8. The van der Waals surface area contributed by atoms with Crippen LogP contribution >= 0.6 is 0 Å². The average molecular weight is 618 g/mol. The average Bonchev–Trinajstić information content (AvgIpc) is 3.45. The number of aliphatic hydroxyl groups is 1. The summed E-state index contributed by atoms with van der Waals surface area (Å²) in [6.07, 6.45) is 1.84. The maximum Gasteiger partial charge on any atom is 0.410 e. The smallest absolute Gasteiger partial charge is 0.410 e. The molecule has 0 spiro atoms. The lowest BCUT2D eigenvalue weighted by Crippen LogP contribution is -2.38. The molecule has 0 bridgehead atoms. The van der Waals surface area contributed by atoms with E-state index in [2.05, 4.69) is 11.1 Å². The fourth-order valence-corrected chi connectivity index (χ4v) is 5.42. The number of methoxy groups -OCH3 is 1. The van der Waals surface area contributed by atoms with Gasteiger partial charge in [-0.3, -0.25) is 19.2 Å². The number of halogens is 2. The van der Waals surface area contributed by atoms with Crippen LogP contribution in [0.4, 0.5) is 13.6 Å². The molecule has 234 valence electrons. The summed E-state index contributed by atoms with van der Waals surface area (Å²) in [4.78, 5) is 38.4. The molecule has 1 fully saturated rings. The van der Waals surface area contributed by atoms with Crippen LogP contribution in [0.15, 0.2) is 47.4 Å². The fraction of sp³-hybridized carbons (Fsp3) is 0.364. The summed E-state index contributed by atoms with van der Waals surface area (Å²) in [7, 11) is 1.13. The minimum Gasteiger partial charge on any atom is -0.491 e. The van der Waals surface area contributed by atoms with E-state index >= 15 is 8.78 Å². The van der Waals surface area contributed by atoms with Crippen molar-refractivity contribution < 1.29 is 28.2 Å². The van der Waals surface area contributed by atoms with Crippen molar-refractivity contribution in [2.24, 2.45) is 0 Å². The number of hydrogen-bond donors (Lipinski definition) is 1. The van der Waals surface area contributed by atoms with E-state index in [-0.39, 0.29) is 28.0 Å². The van der Waals surface area contributed by atoms with Gasteiger partial charge in [0.05, 0.1) is 47.1 Å². The Morgan fingerprint density at radius 3 is 2.36 bits per heavy atom. The van der Waals surface area contributed by atoms with E-state index in [1.807, 2.05) is 0 Å². The number of likely N-dealkylation sites (tertiary alicyclic amines) is 1. The van der Waals surface area contributed by atoms with Crippen molar-refractivity contribution >= 4 is 17.0 Å². The SMILES string of the molecule is COc1c(F)cc(-n2c(C3CCCN3C(=O)OC(C)(C)C)nc3c(-c4ccc(C(C)(C)O)nc4)cc(C#N)cc3c2=O)cc1F. The molecule has 1 unspecified atom stereocenters. The number of aromatic nitrogens is 3. The second-order valence-electron chi connectivity index (χ2n) is 12.4. The normalized spacial score (nSPS) is 15.3. The number of ether oxygens (including phenoxy) is 2. The van der Waals surface area contributed by atoms with Crippen LogP contribution in [0, 0.1) is 23.0 Å². The predicted molar refractivity (Wildman–Crippen MR) is 162 cm³/mol. The Kier molecular flexibility index (Phi) is 8.10. The van der Waals surface area contributed by atoms with Crippen molar-refractivity contribution in [3.8, 4) is 28.6 Å². The summed E-state index contributed by atoms with van der Waals surface area (Å²) in [6, 6.07) is 9.44. The van der Waals surface area contributed by atoms with Crippen LogP contribution in [0.3, 0.4) is 0 Å². The number of pyridine rings is 1. The molecule has 3 heterocycles. The molecule has 12 heteroatoms. The number of carbonyl (C=O) groups excluding carboxylic acids is 1. The monoisotopic (exact) mass is 617 g/mol. The molecule has 2 aromatic heterocycles. The first-order valence-electron chi connectivity index (χ1n) is 14.4. The van der Waals surface area contributed by atoms with Gasteiger partial charge in [0.25, 0.3) is 5.56 Å². The first-order valence-corrected chi connectivity index (χ1v) is 14.4. The number of fused-ring (bicyclic) bond motifs is 1. The van der Waals surface area contributed by atoms with Gasteiger partial charge in [-0.2, -0.15) is 5.26 Å². The van der Waals surface area contributed by atoms with Gasteiger partial charge in [0.2, 0.25) is 0 Å². The van der Waals surface area contributed by atoms with E-state index in [1.165, 1.54) is 17.2 Å². The van der Waals surface area contributed by atoms with Gasteiger partial charge < -0.3 is 14.6 Å². The van der Waals surface area contributed by atoms with Gasteiger partial charge in [-0.1, -0.05) is 6.07 Å². The van der Waals surface area contributed by atoms with Gasteiger partial charge in [-0.05, 0) is 65.7 Å². The summed E-state index contributed by atoms with van der Waals surface area (Å²) in [5.74, 6) is -2.63. The van der Waals surface area contributed by atoms with Crippen molar-refractivity contribution in [3.63, 3.8) is 0 Å². The van der Waals surface area contributed by atoms with Gasteiger partial charge >= 0.3 is 6.09 Å².